The first-order chi connectivity index (χ1) is 33.5. The molecule has 68 heavy (non-hydrogen) atoms. The first-order valence-corrected chi connectivity index (χ1v) is 23.6. The number of carbonyl (C=O) groups is 2. The van der Waals surface area contributed by atoms with Crippen LogP contribution in [-0.2, 0) is 38.6 Å². The fraction of sp³-hybridized carbons (Fsp3) is 0.321. The lowest BCUT2D eigenvalue weighted by molar-refractivity contribution is -0.128. The van der Waals surface area contributed by atoms with Crippen molar-refractivity contribution >= 4 is 57.6 Å². The number of hydrogen-bond acceptors (Lipinski definition) is 13. The second-order valence-corrected chi connectivity index (χ2v) is 16.8. The number of benzene rings is 4. The lowest BCUT2D eigenvalue weighted by atomic mass is 10.0. The summed E-state index contributed by atoms with van der Waals surface area (Å²) in [6.45, 7) is 11.1. The molecule has 354 valence electrons. The van der Waals surface area contributed by atoms with Crippen LogP contribution in [0.15, 0.2) is 122 Å². The lowest BCUT2D eigenvalue weighted by Gasteiger charge is -2.33. The van der Waals surface area contributed by atoms with E-state index in [4.69, 9.17) is 23.7 Å². The average molecular weight is 921 g/mol. The van der Waals surface area contributed by atoms with Crippen LogP contribution in [0.1, 0.15) is 39.8 Å². The number of carbonyl (C=O) groups excluding carboxylic acids is 2. The van der Waals surface area contributed by atoms with Crippen LogP contribution in [-0.4, -0.2) is 93.2 Å². The van der Waals surface area contributed by atoms with Gasteiger partial charge in [-0.1, -0.05) is 56.3 Å². The van der Waals surface area contributed by atoms with Gasteiger partial charge in [0.25, 0.3) is 11.8 Å². The van der Waals surface area contributed by atoms with Gasteiger partial charge in [-0.25, -0.2) is 9.97 Å². The highest BCUT2D eigenvalue weighted by Crippen LogP contribution is 2.41. The second kappa shape index (κ2) is 20.2. The number of aromatic nitrogens is 2. The zero-order valence-corrected chi connectivity index (χ0v) is 38.4. The maximum absolute atomic E-state index is 13.9. The molecular formula is C53H60N8O7. The van der Waals surface area contributed by atoms with E-state index >= 15 is 0 Å². The van der Waals surface area contributed by atoms with E-state index in [9.17, 15) is 9.59 Å². The molecule has 2 unspecified atom stereocenters. The number of nitrogens with one attached hydrogen (secondary N) is 2. The Bertz CT molecular complexity index is 2590. The van der Waals surface area contributed by atoms with Crippen molar-refractivity contribution in [3.63, 3.8) is 0 Å². The van der Waals surface area contributed by atoms with Gasteiger partial charge in [0.2, 0.25) is 6.10 Å². The molecule has 4 aromatic carbocycles. The molecule has 0 spiro atoms. The Balaban J connectivity index is 0.000000177. The number of para-hydroxylation sites is 3. The summed E-state index contributed by atoms with van der Waals surface area (Å²) in [5.41, 5.74) is 8.56. The van der Waals surface area contributed by atoms with E-state index in [2.05, 4.69) is 60.7 Å². The van der Waals surface area contributed by atoms with E-state index < -0.39 is 12.2 Å². The highest BCUT2D eigenvalue weighted by molar-refractivity contribution is 6.03. The van der Waals surface area contributed by atoms with Crippen LogP contribution in [0.3, 0.4) is 0 Å². The van der Waals surface area contributed by atoms with Gasteiger partial charge < -0.3 is 53.9 Å². The summed E-state index contributed by atoms with van der Waals surface area (Å²) < 4.78 is 29.1. The Morgan fingerprint density at radius 1 is 0.574 bits per heavy atom. The molecule has 0 radical (unpaired) electrons. The maximum atomic E-state index is 13.9. The molecule has 15 nitrogen and oxygen atoms in total. The zero-order valence-electron chi connectivity index (χ0n) is 38.4. The summed E-state index contributed by atoms with van der Waals surface area (Å²) in [6.07, 6.45) is 3.76. The van der Waals surface area contributed by atoms with E-state index in [0.717, 1.165) is 101 Å². The quantitative estimate of drug-likeness (QED) is 0.174. The minimum absolute atomic E-state index is 0. The van der Waals surface area contributed by atoms with Gasteiger partial charge in [-0.15, -0.1) is 0 Å². The standard InChI is InChI=1S/C26H26N4O3.C25H24N4O4.C2H6.2H2/c31-26(24-10-7-18-4-1-2-6-23(18)33-24)30-17-19-5-3-11-27-25(19)28-21-9-8-20(16-22(21)30)29-12-14-32-15-13-29;30-25(23-16-32-21-5-1-2-6-22(21)33-23)29-15-17-4-3-9-26-24(17)27-19-8-7-18(14-20(19)29)28-10-12-31-13-11-28;1-2;;/h1-6,8-9,11,16,24H,7,10,12-15,17H2,(H,27,28);1-9,14,23H,10-13,15-16H2,(H,26,27);1-2H3;2*1H. The number of aryl methyl sites for hydroxylation is 1. The monoisotopic (exact) mass is 920 g/mol. The molecular weight excluding hydrogens is 861 g/mol. The molecule has 6 aromatic rings. The molecule has 0 bridgehead atoms. The zero-order chi connectivity index (χ0) is 46.4. The minimum Gasteiger partial charge on any atom is -0.485 e. The lowest BCUT2D eigenvalue weighted by Crippen LogP contribution is -2.46. The maximum Gasteiger partial charge on any atom is 0.272 e. The van der Waals surface area contributed by atoms with Crippen molar-refractivity contribution in [2.45, 2.75) is 52.0 Å². The van der Waals surface area contributed by atoms with Gasteiger partial charge in [-0.05, 0) is 85.1 Å². The van der Waals surface area contributed by atoms with Gasteiger partial charge in [0.15, 0.2) is 17.6 Å². The Kier molecular flexibility index (Phi) is 13.2. The minimum atomic E-state index is -0.738. The normalized spacial score (nSPS) is 18.7. The van der Waals surface area contributed by atoms with Crippen LogP contribution in [0.4, 0.5) is 45.8 Å². The van der Waals surface area contributed by atoms with Crippen LogP contribution in [0, 0.1) is 0 Å². The van der Waals surface area contributed by atoms with Gasteiger partial charge in [-0.3, -0.25) is 9.59 Å². The number of rotatable bonds is 4. The van der Waals surface area contributed by atoms with Crippen LogP contribution >= 0.6 is 0 Å². The summed E-state index contributed by atoms with van der Waals surface area (Å²) in [7, 11) is 0. The molecule has 2 aromatic heterocycles. The number of hydrogen-bond donors (Lipinski definition) is 2. The van der Waals surface area contributed by atoms with Crippen molar-refractivity contribution in [2.75, 3.05) is 89.4 Å². The number of amides is 2. The Hall–Kier alpha value is -7.36. The van der Waals surface area contributed by atoms with Gasteiger partial charge in [0.1, 0.15) is 24.0 Å². The van der Waals surface area contributed by atoms with E-state index in [1.54, 1.807) is 17.3 Å². The van der Waals surface area contributed by atoms with Crippen LogP contribution < -0.4 is 44.4 Å². The van der Waals surface area contributed by atoms with Gasteiger partial charge in [0.05, 0.1) is 62.3 Å². The topological polar surface area (TPSA) is 143 Å². The molecule has 8 heterocycles. The predicted molar refractivity (Wildman–Crippen MR) is 267 cm³/mol. The van der Waals surface area contributed by atoms with Gasteiger partial charge >= 0.3 is 0 Å². The summed E-state index contributed by atoms with van der Waals surface area (Å²) in [5, 5.41) is 6.86. The number of fused-ring (bicyclic) bond motifs is 6. The SMILES string of the molecule is CC.O=C(C1CCc2ccccc2O1)N1Cc2cccnc2Nc2ccc(N3CCOCC3)cc21.O=C(C1COc2ccccc2O1)N1Cc2cccnc2Nc2ccc(N3CCOCC3)cc21.[HH].[HH]. The molecule has 2 fully saturated rings. The summed E-state index contributed by atoms with van der Waals surface area (Å²) >= 11 is 0. The second-order valence-electron chi connectivity index (χ2n) is 16.8. The van der Waals surface area contributed by atoms with Crippen LogP contribution in [0.25, 0.3) is 0 Å². The van der Waals surface area contributed by atoms with E-state index in [-0.39, 0.29) is 21.3 Å². The smallest absolute Gasteiger partial charge is 0.272 e. The molecule has 12 rings (SSSR count). The molecule has 15 heteroatoms. The molecule has 0 aliphatic carbocycles. The predicted octanol–water partition coefficient (Wildman–Crippen LogP) is 8.77. The van der Waals surface area contributed by atoms with E-state index in [0.29, 0.717) is 57.4 Å². The first-order valence-electron chi connectivity index (χ1n) is 23.6. The highest BCUT2D eigenvalue weighted by Gasteiger charge is 2.36. The molecule has 6 aliphatic rings. The average Bonchev–Trinajstić information content (AvgIpc) is 3.69. The van der Waals surface area contributed by atoms with Crippen molar-refractivity contribution in [1.29, 1.82) is 0 Å². The van der Waals surface area contributed by atoms with Crippen molar-refractivity contribution in [3.05, 3.63) is 138 Å². The largest absolute Gasteiger partial charge is 0.485 e. The number of anilines is 8. The Labute approximate surface area is 399 Å². The molecule has 0 saturated carbocycles. The highest BCUT2D eigenvalue weighted by atomic mass is 16.6. The number of nitrogens with zero attached hydrogens (tertiary/aromatic N) is 6. The third-order valence-electron chi connectivity index (χ3n) is 12.8. The van der Waals surface area contributed by atoms with E-state index in [1.807, 2.05) is 97.6 Å². The summed E-state index contributed by atoms with van der Waals surface area (Å²) in [6, 6.07) is 35.6. The molecule has 2 atom stereocenters. The number of pyridine rings is 2. The summed E-state index contributed by atoms with van der Waals surface area (Å²) in [4.78, 5) is 44.9. The van der Waals surface area contributed by atoms with Crippen molar-refractivity contribution in [2.24, 2.45) is 0 Å². The third-order valence-corrected chi connectivity index (χ3v) is 12.8. The Morgan fingerprint density at radius 2 is 1.06 bits per heavy atom. The fourth-order valence-corrected chi connectivity index (χ4v) is 9.24. The molecule has 2 amide bonds. The van der Waals surface area contributed by atoms with Crippen LogP contribution in [0.5, 0.6) is 17.2 Å². The van der Waals surface area contributed by atoms with Crippen molar-refractivity contribution in [1.82, 2.24) is 9.97 Å². The van der Waals surface area contributed by atoms with Gasteiger partial charge in [0, 0.05) is 63.9 Å². The Morgan fingerprint density at radius 3 is 1.63 bits per heavy atom. The van der Waals surface area contributed by atoms with Gasteiger partial charge in [-0.2, -0.15) is 0 Å². The first kappa shape index (κ1) is 44.5. The molecule has 2 N–H and O–H groups in total. The molecule has 2 saturated heterocycles. The fourth-order valence-electron chi connectivity index (χ4n) is 9.24. The van der Waals surface area contributed by atoms with Crippen molar-refractivity contribution < 1.29 is 36.1 Å². The number of morpholine rings is 2. The van der Waals surface area contributed by atoms with E-state index in [1.165, 1.54) is 0 Å². The van der Waals surface area contributed by atoms with Crippen molar-refractivity contribution in [3.8, 4) is 17.2 Å². The number of ether oxygens (including phenoxy) is 5. The third kappa shape index (κ3) is 9.31. The molecule has 6 aliphatic heterocycles. The summed E-state index contributed by atoms with van der Waals surface area (Å²) in [5.74, 6) is 3.40. The van der Waals surface area contributed by atoms with Crippen LogP contribution in [0.2, 0.25) is 0 Å².